The first-order valence-corrected chi connectivity index (χ1v) is 10.1. The summed E-state index contributed by atoms with van der Waals surface area (Å²) >= 11 is 0. The molecule has 0 unspecified atom stereocenters. The van der Waals surface area contributed by atoms with Gasteiger partial charge in [-0.3, -0.25) is 4.79 Å². The van der Waals surface area contributed by atoms with Crippen LogP contribution in [-0.4, -0.2) is 27.2 Å². The van der Waals surface area contributed by atoms with Gasteiger partial charge in [-0.25, -0.2) is 8.42 Å². The molecule has 0 radical (unpaired) electrons. The van der Waals surface area contributed by atoms with E-state index in [-0.39, 0.29) is 10.8 Å². The van der Waals surface area contributed by atoms with E-state index in [1.807, 2.05) is 37.3 Å². The van der Waals surface area contributed by atoms with E-state index in [0.717, 1.165) is 17.0 Å². The number of carbonyl (C=O) groups is 1. The number of sulfone groups is 1. The summed E-state index contributed by atoms with van der Waals surface area (Å²) in [6.07, 6.45) is 1.14. The summed E-state index contributed by atoms with van der Waals surface area (Å²) in [5.41, 5.74) is 0.968. The number of rotatable bonds is 5. The first kappa shape index (κ1) is 17.9. The van der Waals surface area contributed by atoms with E-state index in [9.17, 15) is 13.2 Å². The van der Waals surface area contributed by atoms with Gasteiger partial charge in [-0.2, -0.15) is 0 Å². The third-order valence-corrected chi connectivity index (χ3v) is 5.09. The van der Waals surface area contributed by atoms with Crippen molar-refractivity contribution in [2.45, 2.75) is 11.8 Å². The van der Waals surface area contributed by atoms with Crippen LogP contribution in [0.4, 0.5) is 5.69 Å². The average molecular weight is 369 g/mol. The number of hydrogen-bond donors (Lipinski definition) is 1. The van der Waals surface area contributed by atoms with Gasteiger partial charge in [0, 0.05) is 11.9 Å². The van der Waals surface area contributed by atoms with Gasteiger partial charge in [0.1, 0.15) is 5.75 Å². The van der Waals surface area contributed by atoms with Gasteiger partial charge in [-0.05, 0) is 48.0 Å². The van der Waals surface area contributed by atoms with E-state index < -0.39 is 9.84 Å². The van der Waals surface area contributed by atoms with Crippen molar-refractivity contribution in [3.63, 3.8) is 0 Å². The highest BCUT2D eigenvalue weighted by molar-refractivity contribution is 7.90. The summed E-state index contributed by atoms with van der Waals surface area (Å²) in [6.45, 7) is 2.31. The molecular weight excluding hydrogens is 350 g/mol. The molecule has 0 aliphatic heterocycles. The van der Waals surface area contributed by atoms with Gasteiger partial charge in [-0.1, -0.05) is 30.3 Å². The lowest BCUT2D eigenvalue weighted by Gasteiger charge is -2.13. The molecule has 1 amide bonds. The third-order valence-electron chi connectivity index (χ3n) is 3.96. The predicted octanol–water partition coefficient (Wildman–Crippen LogP) is 3.89. The van der Waals surface area contributed by atoms with Crippen LogP contribution in [0.1, 0.15) is 17.3 Å². The number of amides is 1. The molecule has 134 valence electrons. The largest absolute Gasteiger partial charge is 0.493 e. The van der Waals surface area contributed by atoms with Crippen LogP contribution in [0, 0.1) is 0 Å². The Morgan fingerprint density at radius 2 is 1.69 bits per heavy atom. The summed E-state index contributed by atoms with van der Waals surface area (Å²) in [7, 11) is -3.28. The zero-order chi connectivity index (χ0) is 18.7. The molecule has 0 spiro atoms. The molecule has 0 fully saturated rings. The van der Waals surface area contributed by atoms with Crippen molar-refractivity contribution >= 4 is 32.2 Å². The monoisotopic (exact) mass is 369 g/mol. The molecule has 0 heterocycles. The summed E-state index contributed by atoms with van der Waals surface area (Å²) in [4.78, 5) is 13.1. The minimum atomic E-state index is -3.28. The second-order valence-electron chi connectivity index (χ2n) is 5.84. The van der Waals surface area contributed by atoms with Crippen LogP contribution < -0.4 is 10.1 Å². The fourth-order valence-electron chi connectivity index (χ4n) is 2.74. The maximum atomic E-state index is 12.9. The molecule has 0 atom stereocenters. The van der Waals surface area contributed by atoms with Crippen molar-refractivity contribution in [2.24, 2.45) is 0 Å². The van der Waals surface area contributed by atoms with Gasteiger partial charge in [-0.15, -0.1) is 0 Å². The van der Waals surface area contributed by atoms with Crippen molar-refractivity contribution < 1.29 is 17.9 Å². The molecule has 26 heavy (non-hydrogen) atoms. The molecule has 0 aliphatic carbocycles. The number of fused-ring (bicyclic) bond motifs is 1. The highest BCUT2D eigenvalue weighted by Crippen LogP contribution is 2.29. The standard InChI is InChI=1S/C20H19NO4S/c1-3-25-18-13-8-14-6-4-5-7-17(14)19(18)20(22)21-15-9-11-16(12-10-15)26(2,23)24/h4-13H,3H2,1-2H3,(H,21,22). The van der Waals surface area contributed by atoms with E-state index in [4.69, 9.17) is 4.74 Å². The van der Waals surface area contributed by atoms with Crippen LogP contribution in [0.2, 0.25) is 0 Å². The van der Waals surface area contributed by atoms with E-state index >= 15 is 0 Å². The number of hydrogen-bond acceptors (Lipinski definition) is 4. The van der Waals surface area contributed by atoms with Crippen molar-refractivity contribution in [3.8, 4) is 5.75 Å². The Kier molecular flexibility index (Phi) is 4.95. The SMILES string of the molecule is CCOc1ccc2ccccc2c1C(=O)Nc1ccc(S(C)(=O)=O)cc1. The van der Waals surface area contributed by atoms with Crippen LogP contribution in [0.25, 0.3) is 10.8 Å². The number of carbonyl (C=O) groups excluding carboxylic acids is 1. The minimum Gasteiger partial charge on any atom is -0.493 e. The summed E-state index contributed by atoms with van der Waals surface area (Å²) < 4.78 is 28.7. The minimum absolute atomic E-state index is 0.204. The second kappa shape index (κ2) is 7.17. The van der Waals surface area contributed by atoms with Gasteiger partial charge in [0.15, 0.2) is 9.84 Å². The third kappa shape index (κ3) is 3.70. The summed E-state index contributed by atoms with van der Waals surface area (Å²) in [5, 5.41) is 4.55. The number of nitrogens with one attached hydrogen (secondary N) is 1. The van der Waals surface area contributed by atoms with Gasteiger partial charge >= 0.3 is 0 Å². The predicted molar refractivity (Wildman–Crippen MR) is 103 cm³/mol. The Labute approximate surface area is 152 Å². The topological polar surface area (TPSA) is 72.5 Å². The Morgan fingerprint density at radius 3 is 2.35 bits per heavy atom. The zero-order valence-corrected chi connectivity index (χ0v) is 15.3. The maximum absolute atomic E-state index is 12.9. The molecule has 1 N–H and O–H groups in total. The van der Waals surface area contributed by atoms with Gasteiger partial charge < -0.3 is 10.1 Å². The van der Waals surface area contributed by atoms with Crippen molar-refractivity contribution in [1.29, 1.82) is 0 Å². The molecule has 6 heteroatoms. The lowest BCUT2D eigenvalue weighted by Crippen LogP contribution is -2.14. The normalized spacial score (nSPS) is 11.3. The molecule has 0 saturated carbocycles. The molecule has 0 aromatic heterocycles. The first-order valence-electron chi connectivity index (χ1n) is 8.16. The Balaban J connectivity index is 1.98. The highest BCUT2D eigenvalue weighted by atomic mass is 32.2. The first-order chi connectivity index (χ1) is 12.4. The molecular formula is C20H19NO4S. The van der Waals surface area contributed by atoms with Crippen molar-refractivity contribution in [2.75, 3.05) is 18.2 Å². The van der Waals surface area contributed by atoms with Crippen molar-refractivity contribution in [1.82, 2.24) is 0 Å². The van der Waals surface area contributed by atoms with Crippen LogP contribution >= 0.6 is 0 Å². The Hall–Kier alpha value is -2.86. The van der Waals surface area contributed by atoms with Gasteiger partial charge in [0.2, 0.25) is 0 Å². The van der Waals surface area contributed by atoms with Crippen molar-refractivity contribution in [3.05, 3.63) is 66.2 Å². The molecule has 0 saturated heterocycles. The number of anilines is 1. The second-order valence-corrected chi connectivity index (χ2v) is 7.86. The Morgan fingerprint density at radius 1 is 1.00 bits per heavy atom. The lowest BCUT2D eigenvalue weighted by atomic mass is 10.0. The average Bonchev–Trinajstić information content (AvgIpc) is 2.61. The van der Waals surface area contributed by atoms with Crippen LogP contribution in [0.15, 0.2) is 65.6 Å². The van der Waals surface area contributed by atoms with E-state index in [0.29, 0.717) is 23.6 Å². The van der Waals surface area contributed by atoms with E-state index in [1.165, 1.54) is 12.1 Å². The molecule has 5 nitrogen and oxygen atoms in total. The summed E-state index contributed by atoms with van der Waals surface area (Å²) in [6, 6.07) is 17.4. The van der Waals surface area contributed by atoms with E-state index in [2.05, 4.69) is 5.32 Å². The lowest BCUT2D eigenvalue weighted by molar-refractivity contribution is 0.102. The molecule has 0 bridgehead atoms. The summed E-state index contributed by atoms with van der Waals surface area (Å²) in [5.74, 6) is 0.203. The van der Waals surface area contributed by atoms with Gasteiger partial charge in [0.25, 0.3) is 5.91 Å². The fraction of sp³-hybridized carbons (Fsp3) is 0.150. The highest BCUT2D eigenvalue weighted by Gasteiger charge is 2.17. The smallest absolute Gasteiger partial charge is 0.260 e. The number of benzene rings is 3. The van der Waals surface area contributed by atoms with Gasteiger partial charge in [0.05, 0.1) is 17.1 Å². The number of ether oxygens (including phenoxy) is 1. The Bertz CT molecular complexity index is 1060. The van der Waals surface area contributed by atoms with Crippen LogP contribution in [0.5, 0.6) is 5.75 Å². The molecule has 3 aromatic rings. The van der Waals surface area contributed by atoms with E-state index in [1.54, 1.807) is 18.2 Å². The molecule has 3 rings (SSSR count). The maximum Gasteiger partial charge on any atom is 0.260 e. The van der Waals surface area contributed by atoms with Crippen LogP contribution in [-0.2, 0) is 9.84 Å². The molecule has 0 aliphatic rings. The molecule has 3 aromatic carbocycles. The van der Waals surface area contributed by atoms with Crippen LogP contribution in [0.3, 0.4) is 0 Å². The zero-order valence-electron chi connectivity index (χ0n) is 14.5. The quantitative estimate of drug-likeness (QED) is 0.740. The fourth-order valence-corrected chi connectivity index (χ4v) is 3.37.